The molecule has 0 radical (unpaired) electrons. The first-order valence-electron chi connectivity index (χ1n) is 10.5. The van der Waals surface area contributed by atoms with Gasteiger partial charge in [0.2, 0.25) is 10.0 Å². The minimum atomic E-state index is -3.28. The molecule has 0 atom stereocenters. The predicted octanol–water partition coefficient (Wildman–Crippen LogP) is 3.64. The Morgan fingerprint density at radius 1 is 1.15 bits per heavy atom. The molecule has 1 aromatic carbocycles. The minimum Gasteiger partial charge on any atom is -0.343 e. The van der Waals surface area contributed by atoms with Crippen LogP contribution in [0.2, 0.25) is 0 Å². The lowest BCUT2D eigenvalue weighted by Gasteiger charge is -2.33. The van der Waals surface area contributed by atoms with E-state index in [4.69, 9.17) is 0 Å². The van der Waals surface area contributed by atoms with Crippen molar-refractivity contribution in [2.75, 3.05) is 18.4 Å². The number of benzene rings is 1. The van der Waals surface area contributed by atoms with Crippen LogP contribution >= 0.6 is 11.9 Å². The normalized spacial score (nSPS) is 18.9. The molecule has 7 nitrogen and oxygen atoms in total. The van der Waals surface area contributed by atoms with Gasteiger partial charge < -0.3 is 9.88 Å². The number of sulfonamides is 1. The van der Waals surface area contributed by atoms with Crippen molar-refractivity contribution in [1.29, 1.82) is 0 Å². The molecule has 0 spiro atoms. The van der Waals surface area contributed by atoms with Crippen molar-refractivity contribution in [3.8, 4) is 0 Å². The molecule has 2 N–H and O–H groups in total. The number of halogens is 3. The molecule has 180 valence electrons. The molecule has 4 rings (SSSR count). The Labute approximate surface area is 194 Å². The number of aromatic nitrogens is 1. The SMILES string of the molecule is Cn1cc(SNC2CCN(S(=O)(=O)C3(C)CC3)CC2)c(F)c1C(=O)Nc1ccc(F)c(F)c1. The first-order valence-corrected chi connectivity index (χ1v) is 12.8. The van der Waals surface area contributed by atoms with Crippen molar-refractivity contribution in [3.63, 3.8) is 0 Å². The van der Waals surface area contributed by atoms with Gasteiger partial charge in [-0.2, -0.15) is 0 Å². The molecule has 2 aromatic rings. The van der Waals surface area contributed by atoms with Gasteiger partial charge in [0, 0.05) is 44.1 Å². The van der Waals surface area contributed by atoms with Crippen molar-refractivity contribution < 1.29 is 26.4 Å². The lowest BCUT2D eigenvalue weighted by molar-refractivity contribution is 0.101. The van der Waals surface area contributed by atoms with Crippen LogP contribution in [0.25, 0.3) is 0 Å². The Balaban J connectivity index is 1.35. The van der Waals surface area contributed by atoms with Gasteiger partial charge in [0.15, 0.2) is 17.5 Å². The molecule has 2 heterocycles. The number of aryl methyl sites for hydroxylation is 1. The van der Waals surface area contributed by atoms with Crippen LogP contribution in [0.1, 0.15) is 43.1 Å². The zero-order valence-electron chi connectivity index (χ0n) is 18.2. The van der Waals surface area contributed by atoms with Gasteiger partial charge in [0.25, 0.3) is 5.91 Å². The summed E-state index contributed by atoms with van der Waals surface area (Å²) in [6.07, 6.45) is 4.05. The highest BCUT2D eigenvalue weighted by Gasteiger charge is 2.53. The summed E-state index contributed by atoms with van der Waals surface area (Å²) in [5.41, 5.74) is -0.240. The average Bonchev–Trinajstić information content (AvgIpc) is 3.46. The maximum atomic E-state index is 14.9. The smallest absolute Gasteiger partial charge is 0.275 e. The van der Waals surface area contributed by atoms with Gasteiger partial charge in [-0.05, 0) is 56.7 Å². The fourth-order valence-corrected chi connectivity index (χ4v) is 6.63. The Hall–Kier alpha value is -2.02. The highest BCUT2D eigenvalue weighted by atomic mass is 32.2. The molecule has 1 saturated carbocycles. The number of anilines is 1. The zero-order chi connectivity index (χ0) is 24.0. The van der Waals surface area contributed by atoms with Crippen molar-refractivity contribution >= 4 is 33.6 Å². The second-order valence-corrected chi connectivity index (χ2v) is 12.0. The van der Waals surface area contributed by atoms with Crippen LogP contribution in [0.15, 0.2) is 29.3 Å². The monoisotopic (exact) mass is 502 g/mol. The van der Waals surface area contributed by atoms with Gasteiger partial charge in [-0.3, -0.25) is 9.52 Å². The fourth-order valence-electron chi connectivity index (χ4n) is 3.77. The fraction of sp³-hybridized carbons (Fsp3) is 0.476. The van der Waals surface area contributed by atoms with Gasteiger partial charge in [0.1, 0.15) is 5.69 Å². The topological polar surface area (TPSA) is 83.4 Å². The number of carbonyl (C=O) groups is 1. The number of carbonyl (C=O) groups excluding carboxylic acids is 1. The number of rotatable bonds is 7. The summed E-state index contributed by atoms with van der Waals surface area (Å²) < 4.78 is 72.1. The van der Waals surface area contributed by atoms with Gasteiger partial charge >= 0.3 is 0 Å². The van der Waals surface area contributed by atoms with Gasteiger partial charge in [-0.25, -0.2) is 25.9 Å². The molecule has 2 fully saturated rings. The summed E-state index contributed by atoms with van der Waals surface area (Å²) in [6, 6.07) is 2.87. The molecule has 12 heteroatoms. The van der Waals surface area contributed by atoms with Crippen molar-refractivity contribution in [1.82, 2.24) is 13.6 Å². The molecule has 2 aliphatic rings. The number of hydrogen-bond donors (Lipinski definition) is 2. The lowest BCUT2D eigenvalue weighted by atomic mass is 10.1. The molecule has 33 heavy (non-hydrogen) atoms. The summed E-state index contributed by atoms with van der Waals surface area (Å²) >= 11 is 1.04. The molecular weight excluding hydrogens is 477 g/mol. The largest absolute Gasteiger partial charge is 0.343 e. The van der Waals surface area contributed by atoms with Gasteiger partial charge in [0.05, 0.1) is 9.64 Å². The van der Waals surface area contributed by atoms with E-state index in [1.807, 2.05) is 0 Å². The minimum absolute atomic E-state index is 0.00691. The summed E-state index contributed by atoms with van der Waals surface area (Å²) in [7, 11) is -1.77. The summed E-state index contributed by atoms with van der Waals surface area (Å²) in [4.78, 5) is 12.7. The van der Waals surface area contributed by atoms with Crippen LogP contribution in [-0.4, -0.2) is 47.1 Å². The number of amides is 1. The van der Waals surface area contributed by atoms with E-state index in [1.54, 1.807) is 11.2 Å². The number of piperidine rings is 1. The third-order valence-corrected chi connectivity index (χ3v) is 9.84. The quantitative estimate of drug-likeness (QED) is 0.565. The van der Waals surface area contributed by atoms with Crippen molar-refractivity contribution in [3.05, 3.63) is 47.5 Å². The van der Waals surface area contributed by atoms with Crippen LogP contribution in [-0.2, 0) is 17.1 Å². The van der Waals surface area contributed by atoms with E-state index >= 15 is 0 Å². The molecule has 1 aliphatic carbocycles. The maximum Gasteiger partial charge on any atom is 0.275 e. The molecule has 1 aliphatic heterocycles. The molecule has 0 bridgehead atoms. The Morgan fingerprint density at radius 2 is 1.82 bits per heavy atom. The third-order valence-electron chi connectivity index (χ3n) is 6.19. The van der Waals surface area contributed by atoms with Gasteiger partial charge in [-0.1, -0.05) is 0 Å². The first kappa shape index (κ1) is 24.1. The van der Waals surface area contributed by atoms with E-state index < -0.39 is 38.1 Å². The second-order valence-electron chi connectivity index (χ2n) is 8.70. The second kappa shape index (κ2) is 8.97. The first-order chi connectivity index (χ1) is 15.5. The zero-order valence-corrected chi connectivity index (χ0v) is 19.8. The molecular formula is C21H25F3N4O3S2. The van der Waals surface area contributed by atoms with Crippen LogP contribution in [0.5, 0.6) is 0 Å². The Morgan fingerprint density at radius 3 is 2.42 bits per heavy atom. The Kier molecular flexibility index (Phi) is 6.56. The third kappa shape index (κ3) is 4.79. The van der Waals surface area contributed by atoms with E-state index in [2.05, 4.69) is 10.0 Å². The van der Waals surface area contributed by atoms with E-state index in [0.29, 0.717) is 38.8 Å². The summed E-state index contributed by atoms with van der Waals surface area (Å²) in [5, 5.41) is 2.36. The highest BCUT2D eigenvalue weighted by molar-refractivity contribution is 7.97. The van der Waals surface area contributed by atoms with Crippen LogP contribution in [0.3, 0.4) is 0 Å². The molecule has 0 unspecified atom stereocenters. The van der Waals surface area contributed by atoms with Crippen LogP contribution in [0, 0.1) is 17.5 Å². The van der Waals surface area contributed by atoms with E-state index in [0.717, 1.165) is 24.1 Å². The van der Waals surface area contributed by atoms with Crippen LogP contribution < -0.4 is 10.0 Å². The molecule has 1 amide bonds. The van der Waals surface area contributed by atoms with E-state index in [-0.39, 0.29) is 22.3 Å². The highest BCUT2D eigenvalue weighted by Crippen LogP contribution is 2.45. The number of nitrogens with zero attached hydrogens (tertiary/aromatic N) is 2. The van der Waals surface area contributed by atoms with E-state index in [9.17, 15) is 26.4 Å². The number of nitrogens with one attached hydrogen (secondary N) is 2. The average molecular weight is 503 g/mol. The van der Waals surface area contributed by atoms with Gasteiger partial charge in [-0.15, -0.1) is 0 Å². The Bertz CT molecular complexity index is 1170. The molecule has 1 aromatic heterocycles. The standard InChI is InChI=1S/C21H25F3N4O3S2/c1-21(7-8-21)33(30,31)28-9-5-13(6-10-28)26-32-17-12-27(2)19(18(17)24)20(29)25-14-3-4-15(22)16(23)11-14/h3-4,11-13,26H,5-10H2,1-2H3,(H,25,29). The summed E-state index contributed by atoms with van der Waals surface area (Å²) in [6.45, 7) is 2.60. The van der Waals surface area contributed by atoms with E-state index in [1.165, 1.54) is 23.9 Å². The van der Waals surface area contributed by atoms with Crippen molar-refractivity contribution in [2.24, 2.45) is 7.05 Å². The predicted molar refractivity (Wildman–Crippen MR) is 120 cm³/mol. The summed E-state index contributed by atoms with van der Waals surface area (Å²) in [5.74, 6) is -3.70. The van der Waals surface area contributed by atoms with Crippen LogP contribution in [0.4, 0.5) is 18.9 Å². The maximum absolute atomic E-state index is 14.9. The number of hydrogen-bond acceptors (Lipinski definition) is 5. The van der Waals surface area contributed by atoms with Crippen molar-refractivity contribution in [2.45, 2.75) is 48.3 Å². The molecule has 1 saturated heterocycles. The lowest BCUT2D eigenvalue weighted by Crippen LogP contribution is -2.46.